The van der Waals surface area contributed by atoms with Crippen molar-refractivity contribution < 1.29 is 9.59 Å². The Kier molecular flexibility index (Phi) is 6.21. The van der Waals surface area contributed by atoms with Gasteiger partial charge in [-0.2, -0.15) is 0 Å². The molecule has 3 aromatic rings. The van der Waals surface area contributed by atoms with Crippen molar-refractivity contribution in [3.05, 3.63) is 54.1 Å². The summed E-state index contributed by atoms with van der Waals surface area (Å²) in [7, 11) is 0. The van der Waals surface area contributed by atoms with Gasteiger partial charge >= 0.3 is 6.03 Å². The monoisotopic (exact) mass is 380 g/mol. The number of hydrogen-bond acceptors (Lipinski definition) is 4. The number of carbonyl (C=O) groups is 2. The molecule has 0 spiro atoms. The van der Waals surface area contributed by atoms with Gasteiger partial charge in [0.1, 0.15) is 5.52 Å². The highest BCUT2D eigenvalue weighted by Crippen LogP contribution is 2.15. The van der Waals surface area contributed by atoms with Gasteiger partial charge in [-0.3, -0.25) is 4.79 Å². The van der Waals surface area contributed by atoms with Gasteiger partial charge in [0.15, 0.2) is 0 Å². The minimum Gasteiger partial charge on any atom is -0.339 e. The lowest BCUT2D eigenvalue weighted by Crippen LogP contribution is -2.31. The third-order valence-electron chi connectivity index (χ3n) is 4.45. The van der Waals surface area contributed by atoms with E-state index in [9.17, 15) is 9.59 Å². The largest absolute Gasteiger partial charge is 0.339 e. The van der Waals surface area contributed by atoms with E-state index in [1.165, 1.54) is 0 Å². The van der Waals surface area contributed by atoms with E-state index < -0.39 is 0 Å². The molecule has 0 fully saturated rings. The molecule has 0 aliphatic heterocycles. The van der Waals surface area contributed by atoms with Crippen molar-refractivity contribution in [2.75, 3.05) is 25.0 Å². The Bertz CT molecular complexity index is 950. The first-order valence-corrected chi connectivity index (χ1v) is 9.34. The van der Waals surface area contributed by atoms with E-state index in [4.69, 9.17) is 0 Å². The fourth-order valence-electron chi connectivity index (χ4n) is 2.94. The number of carbonyl (C=O) groups excluding carboxylic acids is 2. The zero-order valence-electron chi connectivity index (χ0n) is 16.1. The molecule has 0 aliphatic rings. The molecule has 8 heteroatoms. The van der Waals surface area contributed by atoms with Crippen molar-refractivity contribution in [2.24, 2.45) is 0 Å². The van der Waals surface area contributed by atoms with Crippen LogP contribution >= 0.6 is 0 Å². The Labute approximate surface area is 163 Å². The number of nitrogens with one attached hydrogen (secondary N) is 2. The molecular weight excluding hydrogens is 356 g/mol. The molecule has 0 atom stereocenters. The van der Waals surface area contributed by atoms with E-state index in [1.807, 2.05) is 50.2 Å². The van der Waals surface area contributed by atoms with Gasteiger partial charge in [-0.1, -0.05) is 23.4 Å². The number of para-hydroxylation sites is 1. The number of amides is 3. The molecule has 0 radical (unpaired) electrons. The minimum atomic E-state index is -0.275. The molecular formula is C20H24N6O2. The minimum absolute atomic E-state index is 0.0132. The summed E-state index contributed by atoms with van der Waals surface area (Å²) in [5, 5.41) is 13.8. The van der Waals surface area contributed by atoms with Crippen LogP contribution in [0.25, 0.3) is 11.0 Å². The number of nitrogens with zero attached hydrogens (tertiary/aromatic N) is 4. The number of rotatable bonds is 7. The van der Waals surface area contributed by atoms with Gasteiger partial charge in [0.2, 0.25) is 0 Å². The van der Waals surface area contributed by atoms with Crippen LogP contribution in [0.15, 0.2) is 48.5 Å². The third-order valence-corrected chi connectivity index (χ3v) is 4.45. The first-order chi connectivity index (χ1) is 13.6. The second-order valence-corrected chi connectivity index (χ2v) is 6.24. The van der Waals surface area contributed by atoms with Crippen LogP contribution in [-0.4, -0.2) is 51.5 Å². The number of benzene rings is 2. The van der Waals surface area contributed by atoms with Gasteiger partial charge in [0.25, 0.3) is 5.91 Å². The first-order valence-electron chi connectivity index (χ1n) is 9.34. The Morgan fingerprint density at radius 2 is 1.82 bits per heavy atom. The molecule has 3 amide bonds. The lowest BCUT2D eigenvalue weighted by atomic mass is 10.1. The van der Waals surface area contributed by atoms with E-state index in [0.717, 1.165) is 11.2 Å². The molecule has 0 bridgehead atoms. The van der Waals surface area contributed by atoms with Crippen LogP contribution in [0.1, 0.15) is 24.2 Å². The highest BCUT2D eigenvalue weighted by atomic mass is 16.2. The molecule has 0 saturated heterocycles. The average Bonchev–Trinajstić information content (AvgIpc) is 3.12. The summed E-state index contributed by atoms with van der Waals surface area (Å²) in [6.07, 6.45) is 0. The molecule has 1 heterocycles. The van der Waals surface area contributed by atoms with Gasteiger partial charge in [0.05, 0.1) is 12.1 Å². The van der Waals surface area contributed by atoms with E-state index in [1.54, 1.807) is 21.7 Å². The smallest absolute Gasteiger partial charge is 0.319 e. The maximum Gasteiger partial charge on any atom is 0.319 e. The third kappa shape index (κ3) is 4.46. The number of aromatic nitrogens is 3. The average molecular weight is 380 g/mol. The molecule has 0 aliphatic carbocycles. The normalized spacial score (nSPS) is 10.6. The first kappa shape index (κ1) is 19.3. The molecule has 146 valence electrons. The van der Waals surface area contributed by atoms with Crippen molar-refractivity contribution in [3.63, 3.8) is 0 Å². The van der Waals surface area contributed by atoms with Crippen molar-refractivity contribution in [2.45, 2.75) is 20.4 Å². The summed E-state index contributed by atoms with van der Waals surface area (Å²) < 4.78 is 1.71. The maximum atomic E-state index is 12.5. The van der Waals surface area contributed by atoms with Crippen LogP contribution in [-0.2, 0) is 6.54 Å². The van der Waals surface area contributed by atoms with Gasteiger partial charge in [-0.05, 0) is 44.2 Å². The lowest BCUT2D eigenvalue weighted by molar-refractivity contribution is 0.0773. The van der Waals surface area contributed by atoms with Gasteiger partial charge in [-0.15, -0.1) is 5.10 Å². The van der Waals surface area contributed by atoms with E-state index in [-0.39, 0.29) is 11.9 Å². The fourth-order valence-corrected chi connectivity index (χ4v) is 2.94. The predicted molar refractivity (Wildman–Crippen MR) is 108 cm³/mol. The van der Waals surface area contributed by atoms with Crippen LogP contribution in [0, 0.1) is 0 Å². The van der Waals surface area contributed by atoms with Crippen molar-refractivity contribution >= 4 is 28.7 Å². The molecule has 0 saturated carbocycles. The van der Waals surface area contributed by atoms with Gasteiger partial charge in [0, 0.05) is 30.9 Å². The van der Waals surface area contributed by atoms with E-state index in [0.29, 0.717) is 37.3 Å². The Morgan fingerprint density at radius 3 is 2.54 bits per heavy atom. The van der Waals surface area contributed by atoms with Gasteiger partial charge < -0.3 is 15.5 Å². The SMILES string of the molecule is CCN(CC)C(=O)c1ccc2c(c1)nnn2CCNC(=O)Nc1ccccc1. The van der Waals surface area contributed by atoms with Crippen molar-refractivity contribution in [1.82, 2.24) is 25.2 Å². The molecule has 2 N–H and O–H groups in total. The van der Waals surface area contributed by atoms with Crippen LogP contribution in [0.4, 0.5) is 10.5 Å². The Hall–Kier alpha value is -3.42. The van der Waals surface area contributed by atoms with E-state index in [2.05, 4.69) is 20.9 Å². The fraction of sp³-hybridized carbons (Fsp3) is 0.300. The van der Waals surface area contributed by atoms with Crippen LogP contribution in [0.5, 0.6) is 0 Å². The quantitative estimate of drug-likeness (QED) is 0.659. The number of hydrogen-bond donors (Lipinski definition) is 2. The molecule has 0 unspecified atom stereocenters. The second-order valence-electron chi connectivity index (χ2n) is 6.24. The van der Waals surface area contributed by atoms with Crippen LogP contribution in [0.2, 0.25) is 0 Å². The maximum absolute atomic E-state index is 12.5. The highest BCUT2D eigenvalue weighted by molar-refractivity contribution is 5.97. The molecule has 2 aromatic carbocycles. The number of anilines is 1. The highest BCUT2D eigenvalue weighted by Gasteiger charge is 2.14. The summed E-state index contributed by atoms with van der Waals surface area (Å²) in [6.45, 7) is 6.11. The van der Waals surface area contributed by atoms with E-state index >= 15 is 0 Å². The van der Waals surface area contributed by atoms with Crippen molar-refractivity contribution in [1.29, 1.82) is 0 Å². The van der Waals surface area contributed by atoms with Crippen LogP contribution < -0.4 is 10.6 Å². The molecule has 1 aromatic heterocycles. The van der Waals surface area contributed by atoms with Crippen LogP contribution in [0.3, 0.4) is 0 Å². The number of fused-ring (bicyclic) bond motifs is 1. The zero-order chi connectivity index (χ0) is 19.9. The second kappa shape index (κ2) is 8.98. The summed E-state index contributed by atoms with van der Waals surface area (Å²) in [4.78, 5) is 26.2. The molecule has 8 nitrogen and oxygen atoms in total. The zero-order valence-corrected chi connectivity index (χ0v) is 16.1. The topological polar surface area (TPSA) is 92.2 Å². The number of urea groups is 1. The lowest BCUT2D eigenvalue weighted by Gasteiger charge is -2.18. The Balaban J connectivity index is 1.60. The standard InChI is InChI=1S/C20H24N6O2/c1-3-25(4-2)19(27)15-10-11-18-17(14-15)23-24-26(18)13-12-21-20(28)22-16-8-6-5-7-9-16/h5-11,14H,3-4,12-13H2,1-2H3,(H2,21,22,28). The summed E-state index contributed by atoms with van der Waals surface area (Å²) in [5.41, 5.74) is 2.81. The Morgan fingerprint density at radius 1 is 1.07 bits per heavy atom. The molecule has 3 rings (SSSR count). The predicted octanol–water partition coefficient (Wildman–Crippen LogP) is 2.74. The van der Waals surface area contributed by atoms with Gasteiger partial charge in [-0.25, -0.2) is 9.48 Å². The summed E-state index contributed by atoms with van der Waals surface area (Å²) >= 11 is 0. The summed E-state index contributed by atoms with van der Waals surface area (Å²) in [6, 6.07) is 14.4. The van der Waals surface area contributed by atoms with Crippen molar-refractivity contribution in [3.8, 4) is 0 Å². The molecule has 28 heavy (non-hydrogen) atoms. The summed E-state index contributed by atoms with van der Waals surface area (Å²) in [5.74, 6) is -0.0132.